The van der Waals surface area contributed by atoms with E-state index in [9.17, 15) is 30.6 Å². The zero-order chi connectivity index (χ0) is 22.8. The fraction of sp³-hybridized carbons (Fsp3) is 0.500. The van der Waals surface area contributed by atoms with Gasteiger partial charge in [0.15, 0.2) is 0 Å². The van der Waals surface area contributed by atoms with Crippen molar-refractivity contribution in [1.82, 2.24) is 0 Å². The molecule has 2 aromatic carbocycles. The fourth-order valence-electron chi connectivity index (χ4n) is 4.07. The van der Waals surface area contributed by atoms with Crippen LogP contribution in [0.1, 0.15) is 41.7 Å². The molecule has 0 bridgehead atoms. The molecular weight excluding hydrogens is 400 g/mol. The number of hydrogen-bond acceptors (Lipinski definition) is 7. The smallest absolute Gasteiger partial charge is 0.222 e. The molecule has 1 aliphatic rings. The lowest BCUT2D eigenvalue weighted by atomic mass is 9.83. The number of benzene rings is 2. The molecule has 6 atom stereocenters. The fourth-order valence-corrected chi connectivity index (χ4v) is 4.07. The first-order valence-electron chi connectivity index (χ1n) is 10.6. The van der Waals surface area contributed by atoms with Crippen molar-refractivity contribution in [2.24, 2.45) is 0 Å². The average Bonchev–Trinajstić information content (AvgIpc) is 2.76. The van der Waals surface area contributed by atoms with Crippen molar-refractivity contribution in [2.75, 3.05) is 6.61 Å². The van der Waals surface area contributed by atoms with Crippen LogP contribution >= 0.6 is 0 Å². The summed E-state index contributed by atoms with van der Waals surface area (Å²) in [5.41, 5.74) is 3.77. The molecule has 0 unspecified atom stereocenters. The Labute approximate surface area is 182 Å². The van der Waals surface area contributed by atoms with Crippen LogP contribution in [0.5, 0.6) is 0 Å². The van der Waals surface area contributed by atoms with Crippen LogP contribution < -0.4 is 0 Å². The van der Waals surface area contributed by atoms with E-state index in [1.807, 2.05) is 30.3 Å². The third-order valence-corrected chi connectivity index (χ3v) is 5.99. The Morgan fingerprint density at radius 2 is 1.58 bits per heavy atom. The Bertz CT molecular complexity index is 867. The van der Waals surface area contributed by atoms with E-state index < -0.39 is 36.3 Å². The first-order chi connectivity index (χ1) is 14.7. The summed E-state index contributed by atoms with van der Waals surface area (Å²) in [6, 6.07) is 13.3. The maximum absolute atomic E-state index is 11.4. The van der Waals surface area contributed by atoms with E-state index in [0.717, 1.165) is 12.0 Å². The molecule has 1 saturated heterocycles. The highest BCUT2D eigenvalue weighted by Gasteiger charge is 2.55. The SMILES string of the molecule is CCc1ccc(Cc2ccc(CCO)cc2[C@@]2(O)O[C@H]([C@H](C)O)[C@@H](O)[C@H](O)[C@H]2O)cc1. The predicted octanol–water partition coefficient (Wildman–Crippen LogP) is 0.382. The van der Waals surface area contributed by atoms with Gasteiger partial charge in [-0.2, -0.15) is 0 Å². The lowest BCUT2D eigenvalue weighted by Crippen LogP contribution is -2.65. The van der Waals surface area contributed by atoms with E-state index in [4.69, 9.17) is 4.74 Å². The molecule has 7 heteroatoms. The van der Waals surface area contributed by atoms with Gasteiger partial charge in [-0.05, 0) is 54.5 Å². The van der Waals surface area contributed by atoms with E-state index >= 15 is 0 Å². The largest absolute Gasteiger partial charge is 0.396 e. The van der Waals surface area contributed by atoms with Crippen molar-refractivity contribution in [2.45, 2.75) is 69.4 Å². The lowest BCUT2D eigenvalue weighted by Gasteiger charge is -2.47. The minimum atomic E-state index is -2.36. The number of rotatable bonds is 7. The average molecular weight is 433 g/mol. The monoisotopic (exact) mass is 432 g/mol. The van der Waals surface area contributed by atoms with Crippen LogP contribution in [-0.2, 0) is 29.8 Å². The summed E-state index contributed by atoms with van der Waals surface area (Å²) in [6.07, 6.45) is -5.97. The van der Waals surface area contributed by atoms with E-state index in [2.05, 4.69) is 6.92 Å². The normalized spacial score (nSPS) is 29.7. The standard InChI is InChI=1S/C24H32O7/c1-3-15-4-6-16(7-5-15)12-18-9-8-17(10-11-25)13-19(18)24(30)23(29)21(28)20(27)22(31-24)14(2)26/h4-9,13-14,20-23,25-30H,3,10-12H2,1-2H3/t14-,20-,21-,22+,23+,24+/m0/s1. The van der Waals surface area contributed by atoms with Crippen LogP contribution in [0.3, 0.4) is 0 Å². The minimum Gasteiger partial charge on any atom is -0.396 e. The second-order valence-electron chi connectivity index (χ2n) is 8.26. The second-order valence-corrected chi connectivity index (χ2v) is 8.26. The summed E-state index contributed by atoms with van der Waals surface area (Å²) >= 11 is 0. The molecule has 1 heterocycles. The van der Waals surface area contributed by atoms with Gasteiger partial charge in [-0.25, -0.2) is 0 Å². The maximum Gasteiger partial charge on any atom is 0.222 e. The van der Waals surface area contributed by atoms with Crippen LogP contribution in [0.2, 0.25) is 0 Å². The third-order valence-electron chi connectivity index (χ3n) is 5.99. The zero-order valence-corrected chi connectivity index (χ0v) is 17.8. The summed E-state index contributed by atoms with van der Waals surface area (Å²) in [4.78, 5) is 0. The zero-order valence-electron chi connectivity index (χ0n) is 17.8. The summed E-state index contributed by atoms with van der Waals surface area (Å²) < 4.78 is 5.65. The Morgan fingerprint density at radius 3 is 2.16 bits per heavy atom. The molecule has 0 aliphatic carbocycles. The van der Waals surface area contributed by atoms with Crippen molar-refractivity contribution in [3.05, 3.63) is 70.3 Å². The van der Waals surface area contributed by atoms with Gasteiger partial charge in [0.2, 0.25) is 5.79 Å². The molecule has 31 heavy (non-hydrogen) atoms. The molecule has 7 nitrogen and oxygen atoms in total. The molecule has 1 fully saturated rings. The molecule has 0 radical (unpaired) electrons. The molecule has 1 aliphatic heterocycles. The topological polar surface area (TPSA) is 131 Å². The molecule has 2 aromatic rings. The van der Waals surface area contributed by atoms with Crippen LogP contribution in [0, 0.1) is 0 Å². The summed E-state index contributed by atoms with van der Waals surface area (Å²) in [5.74, 6) is -2.36. The maximum atomic E-state index is 11.4. The highest BCUT2D eigenvalue weighted by molar-refractivity contribution is 5.40. The van der Waals surface area contributed by atoms with Crippen molar-refractivity contribution < 1.29 is 35.4 Å². The molecular formula is C24H32O7. The Kier molecular flexibility index (Phi) is 7.49. The van der Waals surface area contributed by atoms with E-state index in [1.165, 1.54) is 12.5 Å². The summed E-state index contributed by atoms with van der Waals surface area (Å²) in [5, 5.41) is 62.0. The van der Waals surface area contributed by atoms with Crippen LogP contribution in [-0.4, -0.2) is 67.8 Å². The number of hydrogen-bond donors (Lipinski definition) is 6. The molecule has 170 valence electrons. The van der Waals surface area contributed by atoms with Gasteiger partial charge in [0, 0.05) is 12.2 Å². The minimum absolute atomic E-state index is 0.100. The van der Waals surface area contributed by atoms with Crippen LogP contribution in [0.15, 0.2) is 42.5 Å². The van der Waals surface area contributed by atoms with Gasteiger partial charge in [0.1, 0.15) is 24.4 Å². The quantitative estimate of drug-likeness (QED) is 0.373. The summed E-state index contributed by atoms with van der Waals surface area (Å²) in [7, 11) is 0. The first kappa shape index (κ1) is 23.8. The highest BCUT2D eigenvalue weighted by atomic mass is 16.7. The van der Waals surface area contributed by atoms with Gasteiger partial charge in [-0.15, -0.1) is 0 Å². The van der Waals surface area contributed by atoms with Crippen LogP contribution in [0.4, 0.5) is 0 Å². The number of ether oxygens (including phenoxy) is 1. The van der Waals surface area contributed by atoms with E-state index in [-0.39, 0.29) is 12.2 Å². The molecule has 3 rings (SSSR count). The van der Waals surface area contributed by atoms with E-state index in [0.29, 0.717) is 24.0 Å². The van der Waals surface area contributed by atoms with Gasteiger partial charge in [0.05, 0.1) is 6.10 Å². The lowest BCUT2D eigenvalue weighted by molar-refractivity contribution is -0.364. The predicted molar refractivity (Wildman–Crippen MR) is 114 cm³/mol. The molecule has 0 spiro atoms. The summed E-state index contributed by atoms with van der Waals surface area (Å²) in [6.45, 7) is 3.34. The number of aliphatic hydroxyl groups is 6. The number of aryl methyl sites for hydroxylation is 1. The first-order valence-corrected chi connectivity index (χ1v) is 10.6. The van der Waals surface area contributed by atoms with Crippen molar-refractivity contribution in [3.63, 3.8) is 0 Å². The van der Waals surface area contributed by atoms with Crippen LogP contribution in [0.25, 0.3) is 0 Å². The molecule has 0 saturated carbocycles. The van der Waals surface area contributed by atoms with Crippen molar-refractivity contribution in [1.29, 1.82) is 0 Å². The Hall–Kier alpha value is -1.84. The van der Waals surface area contributed by atoms with E-state index in [1.54, 1.807) is 12.1 Å². The van der Waals surface area contributed by atoms with Gasteiger partial charge < -0.3 is 35.4 Å². The Balaban J connectivity index is 2.06. The molecule has 0 aromatic heterocycles. The van der Waals surface area contributed by atoms with Gasteiger partial charge >= 0.3 is 0 Å². The van der Waals surface area contributed by atoms with Crippen molar-refractivity contribution in [3.8, 4) is 0 Å². The molecule has 0 amide bonds. The molecule has 6 N–H and O–H groups in total. The highest BCUT2D eigenvalue weighted by Crippen LogP contribution is 2.39. The van der Waals surface area contributed by atoms with Gasteiger partial charge in [0.25, 0.3) is 0 Å². The Morgan fingerprint density at radius 1 is 0.968 bits per heavy atom. The third kappa shape index (κ3) is 4.83. The van der Waals surface area contributed by atoms with Gasteiger partial charge in [-0.3, -0.25) is 0 Å². The van der Waals surface area contributed by atoms with Gasteiger partial charge in [-0.1, -0.05) is 43.3 Å². The van der Waals surface area contributed by atoms with Crippen molar-refractivity contribution >= 4 is 0 Å². The number of aliphatic hydroxyl groups excluding tert-OH is 5. The second kappa shape index (κ2) is 9.75.